The van der Waals surface area contributed by atoms with E-state index in [-0.39, 0.29) is 0 Å². The molecule has 29 heavy (non-hydrogen) atoms. The highest BCUT2D eigenvalue weighted by Crippen LogP contribution is 2.10. The van der Waals surface area contributed by atoms with E-state index in [4.69, 9.17) is 9.29 Å². The highest BCUT2D eigenvalue weighted by atomic mass is 32.3. The first kappa shape index (κ1) is 30.6. The van der Waals surface area contributed by atoms with Gasteiger partial charge in [-0.2, -0.15) is 8.42 Å². The molecule has 0 amide bonds. The molecule has 6 nitrogen and oxygen atoms in total. The molecule has 0 aliphatic rings. The number of ether oxygens (including phenoxy) is 1. The van der Waals surface area contributed by atoms with Gasteiger partial charge in [0.25, 0.3) is 0 Å². The van der Waals surface area contributed by atoms with Crippen molar-refractivity contribution in [2.75, 3.05) is 13.2 Å². The molecular weight excluding hydrogens is 392 g/mol. The Morgan fingerprint density at radius 1 is 0.690 bits per heavy atom. The van der Waals surface area contributed by atoms with Gasteiger partial charge in [-0.3, -0.25) is 4.55 Å². The van der Waals surface area contributed by atoms with Crippen LogP contribution in [0.4, 0.5) is 0 Å². The van der Waals surface area contributed by atoms with Crippen molar-refractivity contribution in [3.05, 3.63) is 12.8 Å². The molecule has 0 aliphatic carbocycles. The van der Waals surface area contributed by atoms with Gasteiger partial charge in [0.1, 0.15) is 6.26 Å². The van der Waals surface area contributed by atoms with Crippen molar-refractivity contribution in [3.8, 4) is 0 Å². The fourth-order valence-electron chi connectivity index (χ4n) is 2.86. The molecule has 176 valence electrons. The SMILES string of the molecule is C=COOS(=O)(=O)O.CCCCCCCCCCOCCCCCCCCCC. The predicted octanol–water partition coefficient (Wildman–Crippen LogP) is 7.17. The van der Waals surface area contributed by atoms with Crippen molar-refractivity contribution in [2.45, 2.75) is 117 Å². The summed E-state index contributed by atoms with van der Waals surface area (Å²) in [5, 5.41) is 0. The Labute approximate surface area is 180 Å². The second-order valence-corrected chi connectivity index (χ2v) is 8.31. The molecule has 0 aliphatic heterocycles. The third-order valence-electron chi connectivity index (χ3n) is 4.48. The Bertz CT molecular complexity index is 394. The largest absolute Gasteiger partial charge is 0.432 e. The topological polar surface area (TPSA) is 82.1 Å². The van der Waals surface area contributed by atoms with E-state index in [1.807, 2.05) is 0 Å². The molecule has 0 aromatic carbocycles. The zero-order chi connectivity index (χ0) is 22.1. The number of rotatable bonds is 21. The minimum Gasteiger partial charge on any atom is -0.381 e. The maximum atomic E-state index is 9.55. The summed E-state index contributed by atoms with van der Waals surface area (Å²) in [6.45, 7) is 9.49. The van der Waals surface area contributed by atoms with Crippen molar-refractivity contribution in [2.24, 2.45) is 0 Å². The Kier molecular flexibility index (Phi) is 26.8. The molecule has 0 rings (SSSR count). The van der Waals surface area contributed by atoms with E-state index in [0.29, 0.717) is 6.26 Å². The summed E-state index contributed by atoms with van der Waals surface area (Å²) in [6, 6.07) is 0. The van der Waals surface area contributed by atoms with Crippen LogP contribution < -0.4 is 0 Å². The molecule has 0 aromatic heterocycles. The van der Waals surface area contributed by atoms with Gasteiger partial charge >= 0.3 is 10.4 Å². The lowest BCUT2D eigenvalue weighted by Gasteiger charge is -2.05. The highest BCUT2D eigenvalue weighted by Gasteiger charge is 2.02. The molecule has 0 saturated carbocycles. The fourth-order valence-corrected chi connectivity index (χ4v) is 3.01. The van der Waals surface area contributed by atoms with Crippen LogP contribution in [-0.2, 0) is 24.4 Å². The number of unbranched alkanes of at least 4 members (excludes halogenated alkanes) is 14. The smallest absolute Gasteiger partial charge is 0.381 e. The molecule has 7 heteroatoms. The van der Waals surface area contributed by atoms with Crippen LogP contribution in [0.2, 0.25) is 0 Å². The predicted molar refractivity (Wildman–Crippen MR) is 120 cm³/mol. The first-order valence-electron chi connectivity index (χ1n) is 11.5. The summed E-state index contributed by atoms with van der Waals surface area (Å²) in [5.74, 6) is 0. The third kappa shape index (κ3) is 35.2. The van der Waals surface area contributed by atoms with Gasteiger partial charge < -0.3 is 9.62 Å². The van der Waals surface area contributed by atoms with Crippen molar-refractivity contribution in [1.82, 2.24) is 0 Å². The average Bonchev–Trinajstić information content (AvgIpc) is 2.69. The fraction of sp³-hybridized carbons (Fsp3) is 0.909. The van der Waals surface area contributed by atoms with Crippen molar-refractivity contribution < 1.29 is 26.9 Å². The first-order chi connectivity index (χ1) is 14.0. The average molecular weight is 439 g/mol. The zero-order valence-corrected chi connectivity index (χ0v) is 19.7. The van der Waals surface area contributed by atoms with Gasteiger partial charge in [-0.25, -0.2) is 0 Å². The molecule has 0 saturated heterocycles. The van der Waals surface area contributed by atoms with Gasteiger partial charge in [-0.1, -0.05) is 110 Å². The summed E-state index contributed by atoms with van der Waals surface area (Å²) in [5.41, 5.74) is 0. The molecule has 0 heterocycles. The third-order valence-corrected chi connectivity index (χ3v) is 4.73. The Balaban J connectivity index is 0. The molecule has 1 N–H and O–H groups in total. The van der Waals surface area contributed by atoms with E-state index in [0.717, 1.165) is 13.2 Å². The number of hydrogen-bond acceptors (Lipinski definition) is 5. The summed E-state index contributed by atoms with van der Waals surface area (Å²) < 4.78 is 35.8. The minimum atomic E-state index is -4.48. The van der Waals surface area contributed by atoms with Gasteiger partial charge in [0, 0.05) is 13.2 Å². The van der Waals surface area contributed by atoms with E-state index in [2.05, 4.69) is 29.6 Å². The lowest BCUT2D eigenvalue weighted by Crippen LogP contribution is -2.00. The molecule has 0 unspecified atom stereocenters. The van der Waals surface area contributed by atoms with Crippen molar-refractivity contribution in [1.29, 1.82) is 0 Å². The quantitative estimate of drug-likeness (QED) is 0.0672. The van der Waals surface area contributed by atoms with E-state index in [1.54, 1.807) is 0 Å². The Hall–Kier alpha value is -0.630. The van der Waals surface area contributed by atoms with Crippen molar-refractivity contribution in [3.63, 3.8) is 0 Å². The van der Waals surface area contributed by atoms with E-state index < -0.39 is 10.4 Å². The normalized spacial score (nSPS) is 11.0. The van der Waals surface area contributed by atoms with E-state index in [9.17, 15) is 8.42 Å². The molecule has 0 bridgehead atoms. The molecule has 0 radical (unpaired) electrons. The molecule has 0 aromatic rings. The second kappa shape index (κ2) is 25.4. The molecule has 0 fully saturated rings. The summed E-state index contributed by atoms with van der Waals surface area (Å²) in [4.78, 5) is 3.62. The van der Waals surface area contributed by atoms with E-state index in [1.165, 1.54) is 103 Å². The lowest BCUT2D eigenvalue weighted by molar-refractivity contribution is -0.150. The Morgan fingerprint density at radius 3 is 1.31 bits per heavy atom. The zero-order valence-electron chi connectivity index (χ0n) is 18.9. The van der Waals surface area contributed by atoms with Gasteiger partial charge in [0.2, 0.25) is 0 Å². The van der Waals surface area contributed by atoms with Crippen LogP contribution in [0, 0.1) is 0 Å². The van der Waals surface area contributed by atoms with Crippen LogP contribution >= 0.6 is 0 Å². The molecular formula is C22H46O6S. The first-order valence-corrected chi connectivity index (χ1v) is 12.8. The maximum Gasteiger partial charge on any atom is 0.432 e. The van der Waals surface area contributed by atoms with Gasteiger partial charge in [0.05, 0.1) is 0 Å². The molecule has 0 spiro atoms. The highest BCUT2D eigenvalue weighted by molar-refractivity contribution is 7.80. The number of hydrogen-bond donors (Lipinski definition) is 1. The van der Waals surface area contributed by atoms with Crippen LogP contribution in [0.1, 0.15) is 117 Å². The van der Waals surface area contributed by atoms with Gasteiger partial charge in [-0.15, -0.1) is 0 Å². The minimum absolute atomic E-state index is 0.716. The van der Waals surface area contributed by atoms with Crippen LogP contribution in [0.3, 0.4) is 0 Å². The van der Waals surface area contributed by atoms with Crippen LogP contribution in [-0.4, -0.2) is 26.2 Å². The summed E-state index contributed by atoms with van der Waals surface area (Å²) in [6.07, 6.45) is 22.9. The van der Waals surface area contributed by atoms with E-state index >= 15 is 0 Å². The standard InChI is InChI=1S/C20H42O.C2H4O5S/c1-3-5-7-9-11-13-15-17-19-21-20-18-16-14-12-10-8-6-4-2;1-2-6-7-8(3,4)5/h3-20H2,1-2H3;2H,1H2,(H,3,4,5). The van der Waals surface area contributed by atoms with Crippen LogP contribution in [0.15, 0.2) is 12.8 Å². The maximum absolute atomic E-state index is 9.55. The van der Waals surface area contributed by atoms with Crippen LogP contribution in [0.25, 0.3) is 0 Å². The van der Waals surface area contributed by atoms with Gasteiger partial charge in [0.15, 0.2) is 0 Å². The summed E-state index contributed by atoms with van der Waals surface area (Å²) >= 11 is 0. The summed E-state index contributed by atoms with van der Waals surface area (Å²) in [7, 11) is -4.48. The van der Waals surface area contributed by atoms with Crippen LogP contribution in [0.5, 0.6) is 0 Å². The monoisotopic (exact) mass is 438 g/mol. The Morgan fingerprint density at radius 2 is 1.03 bits per heavy atom. The molecule has 0 atom stereocenters. The second-order valence-electron chi connectivity index (χ2n) is 7.32. The lowest BCUT2D eigenvalue weighted by atomic mass is 10.1. The van der Waals surface area contributed by atoms with Crippen molar-refractivity contribution >= 4 is 10.4 Å². The van der Waals surface area contributed by atoms with Gasteiger partial charge in [-0.05, 0) is 17.2 Å².